The molecule has 2 heterocycles. The van der Waals surface area contributed by atoms with Crippen LogP contribution in [0.3, 0.4) is 0 Å². The molecular weight excluding hydrogens is 392 g/mol. The number of rotatable bonds is 14. The summed E-state index contributed by atoms with van der Waals surface area (Å²) in [7, 11) is 0. The van der Waals surface area contributed by atoms with E-state index in [0.717, 1.165) is 88.0 Å². The van der Waals surface area contributed by atoms with Crippen LogP contribution in [-0.4, -0.2) is 26.4 Å². The second-order valence-electron chi connectivity index (χ2n) is 6.30. The first-order valence-electron chi connectivity index (χ1n) is 10.4. The molecule has 0 aliphatic carbocycles. The molecule has 0 amide bonds. The Morgan fingerprint density at radius 2 is 0.821 bits per heavy atom. The fourth-order valence-corrected chi connectivity index (χ4v) is 3.41. The molecule has 6 heteroatoms. The second kappa shape index (κ2) is 16.5. The number of hydrogen-bond donors (Lipinski definition) is 0. The van der Waals surface area contributed by atoms with Crippen LogP contribution < -0.4 is 18.9 Å². The van der Waals surface area contributed by atoms with Gasteiger partial charge < -0.3 is 18.9 Å². The largest absolute Gasteiger partial charge is 0.489 e. The van der Waals surface area contributed by atoms with Gasteiger partial charge in [0.25, 0.3) is 0 Å². The molecule has 160 valence electrons. The van der Waals surface area contributed by atoms with Gasteiger partial charge in [-0.1, -0.05) is 40.5 Å². The monoisotopic (exact) mass is 428 g/mol. The SMILES string of the molecule is CCCCOc1cscc1OCCCC.CCCOc1cscc1OCCC. The Balaban J connectivity index is 0.000000283. The van der Waals surface area contributed by atoms with Crippen LogP contribution >= 0.6 is 22.7 Å². The second-order valence-corrected chi connectivity index (χ2v) is 7.79. The molecule has 2 aromatic heterocycles. The van der Waals surface area contributed by atoms with E-state index < -0.39 is 0 Å². The molecule has 28 heavy (non-hydrogen) atoms. The molecule has 0 unspecified atom stereocenters. The van der Waals surface area contributed by atoms with E-state index in [4.69, 9.17) is 18.9 Å². The lowest BCUT2D eigenvalue weighted by Gasteiger charge is -2.07. The molecule has 0 N–H and O–H groups in total. The third kappa shape index (κ3) is 10.2. The van der Waals surface area contributed by atoms with E-state index in [2.05, 4.69) is 27.7 Å². The lowest BCUT2D eigenvalue weighted by molar-refractivity contribution is 0.264. The highest BCUT2D eigenvalue weighted by molar-refractivity contribution is 7.08. The highest BCUT2D eigenvalue weighted by Gasteiger charge is 2.06. The normalized spacial score (nSPS) is 10.1. The van der Waals surface area contributed by atoms with Crippen LogP contribution in [0, 0.1) is 0 Å². The molecule has 0 bridgehead atoms. The summed E-state index contributed by atoms with van der Waals surface area (Å²) in [6, 6.07) is 0. The molecular formula is C22H36O4S2. The Bertz CT molecular complexity index is 548. The lowest BCUT2D eigenvalue weighted by atomic mass is 10.3. The van der Waals surface area contributed by atoms with Gasteiger partial charge in [0.2, 0.25) is 0 Å². The quantitative estimate of drug-likeness (QED) is 0.293. The van der Waals surface area contributed by atoms with Gasteiger partial charge >= 0.3 is 0 Å². The summed E-state index contributed by atoms with van der Waals surface area (Å²) >= 11 is 3.25. The summed E-state index contributed by atoms with van der Waals surface area (Å²) in [5.74, 6) is 3.59. The number of hydrogen-bond acceptors (Lipinski definition) is 6. The first kappa shape index (κ1) is 24.6. The van der Waals surface area contributed by atoms with E-state index in [1.807, 2.05) is 21.5 Å². The molecule has 0 saturated carbocycles. The summed E-state index contributed by atoms with van der Waals surface area (Å²) < 4.78 is 22.3. The van der Waals surface area contributed by atoms with Gasteiger partial charge in [-0.05, 0) is 25.7 Å². The van der Waals surface area contributed by atoms with Crippen molar-refractivity contribution in [1.29, 1.82) is 0 Å². The molecule has 0 fully saturated rings. The molecule has 4 nitrogen and oxygen atoms in total. The first-order valence-corrected chi connectivity index (χ1v) is 12.3. The van der Waals surface area contributed by atoms with Crippen molar-refractivity contribution in [2.75, 3.05) is 26.4 Å². The molecule has 0 saturated heterocycles. The van der Waals surface area contributed by atoms with Gasteiger partial charge in [-0.25, -0.2) is 0 Å². The molecule has 0 radical (unpaired) electrons. The molecule has 0 spiro atoms. The molecule has 0 aromatic carbocycles. The fraction of sp³-hybridized carbons (Fsp3) is 0.636. The van der Waals surface area contributed by atoms with Gasteiger partial charge in [-0.15, -0.1) is 22.7 Å². The summed E-state index contributed by atoms with van der Waals surface area (Å²) in [6.45, 7) is 11.6. The maximum absolute atomic E-state index is 5.63. The van der Waals surface area contributed by atoms with Crippen molar-refractivity contribution in [2.45, 2.75) is 66.2 Å². The standard InChI is InChI=1S/C12H20O2S.C10H16O2S/c1-3-5-7-13-11-9-15-10-12(11)14-8-6-4-2;1-3-5-11-9-7-13-8-10(9)12-6-4-2/h9-10H,3-8H2,1-2H3;7-8H,3-6H2,1-2H3. The van der Waals surface area contributed by atoms with Crippen molar-refractivity contribution in [3.8, 4) is 23.0 Å². The van der Waals surface area contributed by atoms with Crippen LogP contribution in [0.4, 0.5) is 0 Å². The number of unbranched alkanes of at least 4 members (excludes halogenated alkanes) is 2. The number of ether oxygens (including phenoxy) is 4. The van der Waals surface area contributed by atoms with Crippen LogP contribution in [0.15, 0.2) is 21.5 Å². The van der Waals surface area contributed by atoms with Gasteiger partial charge in [0, 0.05) is 21.5 Å². The predicted octanol–water partition coefficient (Wildman–Crippen LogP) is 7.43. The summed E-state index contributed by atoms with van der Waals surface area (Å²) in [6.07, 6.45) is 6.59. The molecule has 0 atom stereocenters. The maximum Gasteiger partial charge on any atom is 0.171 e. The Morgan fingerprint density at radius 1 is 0.500 bits per heavy atom. The molecule has 2 rings (SSSR count). The average molecular weight is 429 g/mol. The first-order chi connectivity index (χ1) is 13.8. The van der Waals surface area contributed by atoms with Crippen molar-refractivity contribution >= 4 is 22.7 Å². The third-order valence-electron chi connectivity index (χ3n) is 3.62. The zero-order chi connectivity index (χ0) is 20.5. The fourth-order valence-electron chi connectivity index (χ4n) is 2.05. The van der Waals surface area contributed by atoms with Crippen molar-refractivity contribution in [1.82, 2.24) is 0 Å². The van der Waals surface area contributed by atoms with Crippen molar-refractivity contribution in [3.63, 3.8) is 0 Å². The Hall–Kier alpha value is -1.40. The maximum atomic E-state index is 5.63. The molecule has 0 aliphatic heterocycles. The van der Waals surface area contributed by atoms with E-state index in [1.54, 1.807) is 22.7 Å². The molecule has 0 aliphatic rings. The topological polar surface area (TPSA) is 36.9 Å². The average Bonchev–Trinajstić information content (AvgIpc) is 3.35. The van der Waals surface area contributed by atoms with Crippen molar-refractivity contribution < 1.29 is 18.9 Å². The van der Waals surface area contributed by atoms with Crippen LogP contribution in [0.5, 0.6) is 23.0 Å². The van der Waals surface area contributed by atoms with E-state index in [-0.39, 0.29) is 0 Å². The van der Waals surface area contributed by atoms with Gasteiger partial charge in [0.15, 0.2) is 23.0 Å². The van der Waals surface area contributed by atoms with E-state index in [1.165, 1.54) is 0 Å². The molecule has 2 aromatic rings. The summed E-state index contributed by atoms with van der Waals surface area (Å²) in [5, 5.41) is 8.00. The highest BCUT2D eigenvalue weighted by Crippen LogP contribution is 2.32. The van der Waals surface area contributed by atoms with Crippen molar-refractivity contribution in [2.24, 2.45) is 0 Å². The zero-order valence-electron chi connectivity index (χ0n) is 17.8. The Kier molecular flexibility index (Phi) is 14.6. The Morgan fingerprint density at radius 3 is 1.11 bits per heavy atom. The van der Waals surface area contributed by atoms with Gasteiger partial charge in [-0.2, -0.15) is 0 Å². The van der Waals surface area contributed by atoms with E-state index in [0.29, 0.717) is 0 Å². The minimum atomic E-state index is 0.763. The van der Waals surface area contributed by atoms with Crippen LogP contribution in [-0.2, 0) is 0 Å². The third-order valence-corrected chi connectivity index (χ3v) is 5.02. The van der Waals surface area contributed by atoms with Gasteiger partial charge in [-0.3, -0.25) is 0 Å². The van der Waals surface area contributed by atoms with E-state index in [9.17, 15) is 0 Å². The Labute approximate surface area is 178 Å². The zero-order valence-corrected chi connectivity index (χ0v) is 19.5. The van der Waals surface area contributed by atoms with Crippen LogP contribution in [0.25, 0.3) is 0 Å². The minimum Gasteiger partial charge on any atom is -0.489 e. The smallest absolute Gasteiger partial charge is 0.171 e. The lowest BCUT2D eigenvalue weighted by Crippen LogP contribution is -2.00. The van der Waals surface area contributed by atoms with Gasteiger partial charge in [0.05, 0.1) is 26.4 Å². The minimum absolute atomic E-state index is 0.763. The summed E-state index contributed by atoms with van der Waals surface area (Å²) in [5.41, 5.74) is 0. The van der Waals surface area contributed by atoms with Gasteiger partial charge in [0.1, 0.15) is 0 Å². The van der Waals surface area contributed by atoms with Crippen molar-refractivity contribution in [3.05, 3.63) is 21.5 Å². The van der Waals surface area contributed by atoms with E-state index >= 15 is 0 Å². The van der Waals surface area contributed by atoms with Crippen LogP contribution in [0.2, 0.25) is 0 Å². The van der Waals surface area contributed by atoms with Crippen LogP contribution in [0.1, 0.15) is 66.2 Å². The number of thiophene rings is 2. The summed E-state index contributed by atoms with van der Waals surface area (Å²) in [4.78, 5) is 0. The predicted molar refractivity (Wildman–Crippen MR) is 121 cm³/mol. The highest BCUT2D eigenvalue weighted by atomic mass is 32.1.